The smallest absolute Gasteiger partial charge is 0.00498 e. The molecule has 0 aliphatic heterocycles. The van der Waals surface area contributed by atoms with E-state index < -0.39 is 0 Å². The topological polar surface area (TPSA) is 29.3 Å². The van der Waals surface area contributed by atoms with Crippen molar-refractivity contribution >= 4 is 0 Å². The zero-order valence-electron chi connectivity index (χ0n) is 9.89. The third kappa shape index (κ3) is 2.96. The molecule has 0 bridgehead atoms. The molecule has 1 fully saturated rings. The Balaban J connectivity index is 2.50. The normalized spacial score (nSPS) is 21.4. The SMILES string of the molecule is CCN(CC)CC1(CN)CCCCC1. The first-order chi connectivity index (χ1) is 6.76. The van der Waals surface area contributed by atoms with Gasteiger partial charge in [-0.05, 0) is 37.9 Å². The Morgan fingerprint density at radius 2 is 1.64 bits per heavy atom. The standard InChI is InChI=1S/C12H26N2/c1-3-14(4-2)11-12(10-13)8-6-5-7-9-12/h3-11,13H2,1-2H3. The lowest BCUT2D eigenvalue weighted by Crippen LogP contribution is -2.43. The fourth-order valence-electron chi connectivity index (χ4n) is 2.65. The minimum atomic E-state index is 0.449. The average Bonchev–Trinajstić information content (AvgIpc) is 2.27. The summed E-state index contributed by atoms with van der Waals surface area (Å²) in [4.78, 5) is 2.53. The Labute approximate surface area is 88.8 Å². The van der Waals surface area contributed by atoms with E-state index in [0.717, 1.165) is 19.6 Å². The van der Waals surface area contributed by atoms with Crippen molar-refractivity contribution in [1.82, 2.24) is 4.90 Å². The molecule has 0 aromatic carbocycles. The monoisotopic (exact) mass is 198 g/mol. The summed E-state index contributed by atoms with van der Waals surface area (Å²) in [6.07, 6.45) is 6.89. The van der Waals surface area contributed by atoms with Crippen molar-refractivity contribution in [2.45, 2.75) is 46.0 Å². The van der Waals surface area contributed by atoms with Gasteiger partial charge in [-0.15, -0.1) is 0 Å². The lowest BCUT2D eigenvalue weighted by atomic mass is 9.73. The number of nitrogens with zero attached hydrogens (tertiary/aromatic N) is 1. The fraction of sp³-hybridized carbons (Fsp3) is 1.00. The molecule has 0 amide bonds. The summed E-state index contributed by atoms with van der Waals surface area (Å²) in [5.74, 6) is 0. The predicted molar refractivity (Wildman–Crippen MR) is 62.4 cm³/mol. The Morgan fingerprint density at radius 3 is 2.07 bits per heavy atom. The molecule has 2 N–H and O–H groups in total. The second-order valence-corrected chi connectivity index (χ2v) is 4.73. The first kappa shape index (κ1) is 12.0. The molecule has 0 spiro atoms. The van der Waals surface area contributed by atoms with Crippen LogP contribution in [0.15, 0.2) is 0 Å². The summed E-state index contributed by atoms with van der Waals surface area (Å²) in [5, 5.41) is 0. The molecule has 0 aromatic rings. The van der Waals surface area contributed by atoms with Crippen molar-refractivity contribution in [2.75, 3.05) is 26.2 Å². The fourth-order valence-corrected chi connectivity index (χ4v) is 2.65. The van der Waals surface area contributed by atoms with E-state index in [0.29, 0.717) is 5.41 Å². The maximum absolute atomic E-state index is 5.97. The maximum Gasteiger partial charge on any atom is 0.00498 e. The molecular formula is C12H26N2. The summed E-state index contributed by atoms with van der Waals surface area (Å²) in [6, 6.07) is 0. The molecule has 0 atom stereocenters. The van der Waals surface area contributed by atoms with Gasteiger partial charge in [-0.1, -0.05) is 33.1 Å². The van der Waals surface area contributed by atoms with E-state index >= 15 is 0 Å². The molecule has 1 aliphatic carbocycles. The zero-order valence-corrected chi connectivity index (χ0v) is 9.89. The van der Waals surface area contributed by atoms with Gasteiger partial charge in [0, 0.05) is 6.54 Å². The quantitative estimate of drug-likeness (QED) is 0.734. The second kappa shape index (κ2) is 5.72. The lowest BCUT2D eigenvalue weighted by molar-refractivity contribution is 0.118. The molecule has 0 radical (unpaired) electrons. The number of nitrogens with two attached hydrogens (primary N) is 1. The van der Waals surface area contributed by atoms with Crippen LogP contribution in [-0.2, 0) is 0 Å². The van der Waals surface area contributed by atoms with Crippen LogP contribution in [0, 0.1) is 5.41 Å². The Morgan fingerprint density at radius 1 is 1.07 bits per heavy atom. The summed E-state index contributed by atoms with van der Waals surface area (Å²) in [7, 11) is 0. The molecule has 0 aromatic heterocycles. The van der Waals surface area contributed by atoms with Gasteiger partial charge in [0.25, 0.3) is 0 Å². The van der Waals surface area contributed by atoms with E-state index in [-0.39, 0.29) is 0 Å². The molecule has 1 saturated carbocycles. The van der Waals surface area contributed by atoms with Gasteiger partial charge in [0.2, 0.25) is 0 Å². The number of hydrogen-bond acceptors (Lipinski definition) is 2. The Hall–Kier alpha value is -0.0800. The van der Waals surface area contributed by atoms with Gasteiger partial charge in [0.15, 0.2) is 0 Å². The van der Waals surface area contributed by atoms with Crippen LogP contribution in [0.25, 0.3) is 0 Å². The molecule has 2 heteroatoms. The van der Waals surface area contributed by atoms with Gasteiger partial charge < -0.3 is 10.6 Å². The van der Waals surface area contributed by atoms with Crippen LogP contribution in [-0.4, -0.2) is 31.1 Å². The van der Waals surface area contributed by atoms with Crippen LogP contribution in [0.1, 0.15) is 46.0 Å². The number of rotatable bonds is 5. The first-order valence-electron chi connectivity index (χ1n) is 6.19. The van der Waals surface area contributed by atoms with Crippen molar-refractivity contribution in [1.29, 1.82) is 0 Å². The highest BCUT2D eigenvalue weighted by Crippen LogP contribution is 2.35. The molecule has 0 heterocycles. The van der Waals surface area contributed by atoms with E-state index in [1.165, 1.54) is 38.6 Å². The van der Waals surface area contributed by atoms with Crippen LogP contribution in [0.5, 0.6) is 0 Å². The first-order valence-corrected chi connectivity index (χ1v) is 6.19. The third-order valence-corrected chi connectivity index (χ3v) is 3.80. The molecule has 2 nitrogen and oxygen atoms in total. The summed E-state index contributed by atoms with van der Waals surface area (Å²) < 4.78 is 0. The van der Waals surface area contributed by atoms with Gasteiger partial charge in [-0.2, -0.15) is 0 Å². The maximum atomic E-state index is 5.97. The molecule has 0 saturated heterocycles. The van der Waals surface area contributed by atoms with E-state index in [2.05, 4.69) is 18.7 Å². The van der Waals surface area contributed by atoms with E-state index in [1.54, 1.807) is 0 Å². The zero-order chi connectivity index (χ0) is 10.4. The molecule has 84 valence electrons. The van der Waals surface area contributed by atoms with E-state index in [9.17, 15) is 0 Å². The van der Waals surface area contributed by atoms with Crippen molar-refractivity contribution in [3.8, 4) is 0 Å². The van der Waals surface area contributed by atoms with E-state index in [4.69, 9.17) is 5.73 Å². The van der Waals surface area contributed by atoms with Crippen LogP contribution in [0.4, 0.5) is 0 Å². The van der Waals surface area contributed by atoms with Gasteiger partial charge >= 0.3 is 0 Å². The van der Waals surface area contributed by atoms with Crippen molar-refractivity contribution < 1.29 is 0 Å². The average molecular weight is 198 g/mol. The summed E-state index contributed by atoms with van der Waals surface area (Å²) >= 11 is 0. The van der Waals surface area contributed by atoms with Crippen molar-refractivity contribution in [3.05, 3.63) is 0 Å². The van der Waals surface area contributed by atoms with Crippen LogP contribution >= 0.6 is 0 Å². The predicted octanol–water partition coefficient (Wildman–Crippen LogP) is 2.24. The van der Waals surface area contributed by atoms with Crippen LogP contribution in [0.3, 0.4) is 0 Å². The van der Waals surface area contributed by atoms with Crippen LogP contribution < -0.4 is 5.73 Å². The highest BCUT2D eigenvalue weighted by atomic mass is 15.1. The van der Waals surface area contributed by atoms with Gasteiger partial charge in [0.1, 0.15) is 0 Å². The number of hydrogen-bond donors (Lipinski definition) is 1. The molecule has 1 aliphatic rings. The second-order valence-electron chi connectivity index (χ2n) is 4.73. The van der Waals surface area contributed by atoms with Gasteiger partial charge in [-0.3, -0.25) is 0 Å². The van der Waals surface area contributed by atoms with Crippen molar-refractivity contribution in [3.63, 3.8) is 0 Å². The molecule has 1 rings (SSSR count). The minimum absolute atomic E-state index is 0.449. The highest BCUT2D eigenvalue weighted by molar-refractivity contribution is 4.86. The van der Waals surface area contributed by atoms with Crippen molar-refractivity contribution in [2.24, 2.45) is 11.1 Å². The lowest BCUT2D eigenvalue weighted by Gasteiger charge is -2.40. The minimum Gasteiger partial charge on any atom is -0.330 e. The summed E-state index contributed by atoms with van der Waals surface area (Å²) in [5.41, 5.74) is 6.42. The molecule has 14 heavy (non-hydrogen) atoms. The van der Waals surface area contributed by atoms with Gasteiger partial charge in [0.05, 0.1) is 0 Å². The Kier molecular flexibility index (Phi) is 4.90. The van der Waals surface area contributed by atoms with Crippen LogP contribution in [0.2, 0.25) is 0 Å². The summed E-state index contributed by atoms with van der Waals surface area (Å²) in [6.45, 7) is 8.92. The molecular weight excluding hydrogens is 172 g/mol. The highest BCUT2D eigenvalue weighted by Gasteiger charge is 2.31. The largest absolute Gasteiger partial charge is 0.330 e. The molecule has 0 unspecified atom stereocenters. The van der Waals surface area contributed by atoms with Gasteiger partial charge in [-0.25, -0.2) is 0 Å². The Bertz CT molecular complexity index is 146. The van der Waals surface area contributed by atoms with E-state index in [1.807, 2.05) is 0 Å². The third-order valence-electron chi connectivity index (χ3n) is 3.80.